The molecule has 0 radical (unpaired) electrons. The van der Waals surface area contributed by atoms with E-state index < -0.39 is 0 Å². The molecule has 0 amide bonds. The van der Waals surface area contributed by atoms with Crippen LogP contribution in [0.4, 0.5) is 0 Å². The molecule has 0 saturated carbocycles. The van der Waals surface area contributed by atoms with Crippen molar-refractivity contribution in [3.05, 3.63) is 48.5 Å². The fraction of sp³-hybridized carbons (Fsp3) is 0. The van der Waals surface area contributed by atoms with Crippen molar-refractivity contribution in [1.29, 1.82) is 0 Å². The molecular formula is C14H8. The van der Waals surface area contributed by atoms with Crippen LogP contribution >= 0.6 is 0 Å². The summed E-state index contributed by atoms with van der Waals surface area (Å²) in [5.74, 6) is 0. The van der Waals surface area contributed by atoms with Crippen molar-refractivity contribution in [3.8, 4) is 0 Å². The van der Waals surface area contributed by atoms with Crippen LogP contribution in [0.5, 0.6) is 0 Å². The van der Waals surface area contributed by atoms with Crippen LogP contribution in [-0.2, 0) is 0 Å². The zero-order valence-corrected chi connectivity index (χ0v) is 7.62. The van der Waals surface area contributed by atoms with Crippen LogP contribution in [0.2, 0.25) is 0 Å². The van der Waals surface area contributed by atoms with Crippen molar-refractivity contribution in [2.75, 3.05) is 0 Å². The van der Waals surface area contributed by atoms with Gasteiger partial charge in [0.2, 0.25) is 0 Å². The molecule has 0 saturated heterocycles. The molecule has 0 fully saturated rings. The molecule has 14 heavy (non-hydrogen) atoms. The van der Waals surface area contributed by atoms with E-state index >= 15 is 0 Å². The van der Waals surface area contributed by atoms with E-state index in [1.165, 1.54) is 32.3 Å². The topological polar surface area (TPSA) is 0 Å². The van der Waals surface area contributed by atoms with E-state index in [-0.39, 0.29) is 0 Å². The van der Waals surface area contributed by atoms with E-state index in [0.717, 1.165) is 0 Å². The van der Waals surface area contributed by atoms with Crippen molar-refractivity contribution in [3.63, 3.8) is 0 Å². The molecule has 4 rings (SSSR count). The molecule has 0 bridgehead atoms. The van der Waals surface area contributed by atoms with Gasteiger partial charge in [-0.3, -0.25) is 0 Å². The predicted molar refractivity (Wildman–Crippen MR) is 61.3 cm³/mol. The Kier molecular flexibility index (Phi) is 0.935. The Balaban J connectivity index is 2.27. The van der Waals surface area contributed by atoms with Crippen molar-refractivity contribution < 1.29 is 0 Å². The molecule has 0 spiro atoms. The number of rotatable bonds is 0. The maximum atomic E-state index is 2.27. The Bertz CT molecular complexity index is 599. The zero-order chi connectivity index (χ0) is 9.12. The standard InChI is InChI=1S/C14H8/c1-2-10-6-14-8-12-4-3-11(12)7-13(14)5-9(1)10/h1-8H. The van der Waals surface area contributed by atoms with Gasteiger partial charge in [-0.05, 0) is 56.6 Å². The van der Waals surface area contributed by atoms with Crippen molar-refractivity contribution in [1.82, 2.24) is 0 Å². The maximum absolute atomic E-state index is 2.27. The molecule has 0 nitrogen and oxygen atoms in total. The molecule has 0 atom stereocenters. The zero-order valence-electron chi connectivity index (χ0n) is 7.62. The van der Waals surface area contributed by atoms with E-state index in [4.69, 9.17) is 0 Å². The van der Waals surface area contributed by atoms with Gasteiger partial charge < -0.3 is 0 Å². The SMILES string of the molecule is c1cc2cc3cc4ccc4cc3cc12. The summed E-state index contributed by atoms with van der Waals surface area (Å²) in [6.45, 7) is 0. The normalized spacial score (nSPS) is 12.3. The first kappa shape index (κ1) is 6.61. The highest BCUT2D eigenvalue weighted by atomic mass is 14.1. The summed E-state index contributed by atoms with van der Waals surface area (Å²) in [5.41, 5.74) is 0. The van der Waals surface area contributed by atoms with Crippen molar-refractivity contribution >= 4 is 32.3 Å². The van der Waals surface area contributed by atoms with Crippen LogP contribution in [0.15, 0.2) is 48.5 Å². The largest absolute Gasteiger partial charge is 0.0537 e. The van der Waals surface area contributed by atoms with Gasteiger partial charge in [0, 0.05) is 0 Å². The minimum Gasteiger partial charge on any atom is -0.0537 e. The third-order valence-electron chi connectivity index (χ3n) is 3.13. The van der Waals surface area contributed by atoms with Gasteiger partial charge in [-0.1, -0.05) is 24.3 Å². The van der Waals surface area contributed by atoms with Gasteiger partial charge in [0.25, 0.3) is 0 Å². The molecule has 0 aliphatic carbocycles. The Morgan fingerprint density at radius 3 is 0.857 bits per heavy atom. The highest BCUT2D eigenvalue weighted by molar-refractivity contribution is 6.07. The Hall–Kier alpha value is -1.82. The van der Waals surface area contributed by atoms with Gasteiger partial charge in [-0.25, -0.2) is 0 Å². The molecular weight excluding hydrogens is 168 g/mol. The summed E-state index contributed by atoms with van der Waals surface area (Å²) >= 11 is 0. The monoisotopic (exact) mass is 176 g/mol. The Labute approximate surface area is 81.4 Å². The number of fused-ring (bicyclic) bond motifs is 3. The number of hydrogen-bond acceptors (Lipinski definition) is 0. The summed E-state index contributed by atoms with van der Waals surface area (Å²) in [4.78, 5) is 0. The summed E-state index contributed by atoms with van der Waals surface area (Å²) in [7, 11) is 0. The molecule has 64 valence electrons. The molecule has 0 aliphatic rings. The van der Waals surface area contributed by atoms with Gasteiger partial charge in [-0.2, -0.15) is 0 Å². The second-order valence-corrected chi connectivity index (χ2v) is 3.98. The van der Waals surface area contributed by atoms with Crippen LogP contribution in [0.3, 0.4) is 0 Å². The molecule has 4 aromatic carbocycles. The van der Waals surface area contributed by atoms with Crippen LogP contribution < -0.4 is 0 Å². The number of benzene rings is 2. The lowest BCUT2D eigenvalue weighted by Gasteiger charge is -2.08. The maximum Gasteiger partial charge on any atom is -0.0171 e. The number of hydrogen-bond donors (Lipinski definition) is 0. The molecule has 0 heteroatoms. The lowest BCUT2D eigenvalue weighted by Crippen LogP contribution is -1.81. The van der Waals surface area contributed by atoms with Gasteiger partial charge in [0.1, 0.15) is 0 Å². The molecule has 0 heterocycles. The first-order valence-electron chi connectivity index (χ1n) is 4.88. The van der Waals surface area contributed by atoms with Gasteiger partial charge in [0.15, 0.2) is 0 Å². The van der Waals surface area contributed by atoms with Gasteiger partial charge in [-0.15, -0.1) is 0 Å². The lowest BCUT2D eigenvalue weighted by molar-refractivity contribution is 1.79. The predicted octanol–water partition coefficient (Wildman–Crippen LogP) is 4.02. The van der Waals surface area contributed by atoms with E-state index in [2.05, 4.69) is 48.5 Å². The Morgan fingerprint density at radius 1 is 0.357 bits per heavy atom. The fourth-order valence-electron chi connectivity index (χ4n) is 2.16. The average Bonchev–Trinajstić information content (AvgIpc) is 2.13. The van der Waals surface area contributed by atoms with E-state index in [9.17, 15) is 0 Å². The first-order chi connectivity index (χ1) is 6.90. The second kappa shape index (κ2) is 1.98. The quantitative estimate of drug-likeness (QED) is 0.379. The molecule has 0 unspecified atom stereocenters. The smallest absolute Gasteiger partial charge is 0.0171 e. The highest BCUT2D eigenvalue weighted by Gasteiger charge is 2.03. The van der Waals surface area contributed by atoms with Gasteiger partial charge >= 0.3 is 0 Å². The summed E-state index contributed by atoms with van der Waals surface area (Å²) in [6, 6.07) is 17.8. The van der Waals surface area contributed by atoms with Crippen molar-refractivity contribution in [2.45, 2.75) is 0 Å². The summed E-state index contributed by atoms with van der Waals surface area (Å²) in [6.07, 6.45) is 0. The molecule has 0 N–H and O–H groups in total. The van der Waals surface area contributed by atoms with Crippen molar-refractivity contribution in [2.24, 2.45) is 0 Å². The molecule has 0 aromatic heterocycles. The third kappa shape index (κ3) is 0.655. The van der Waals surface area contributed by atoms with E-state index in [1.807, 2.05) is 0 Å². The summed E-state index contributed by atoms with van der Waals surface area (Å²) in [5, 5.41) is 8.22. The molecule has 0 aliphatic heterocycles. The van der Waals surface area contributed by atoms with Gasteiger partial charge in [0.05, 0.1) is 0 Å². The molecule has 4 aromatic rings. The average molecular weight is 176 g/mol. The lowest BCUT2D eigenvalue weighted by atomic mass is 9.96. The second-order valence-electron chi connectivity index (χ2n) is 3.98. The minimum atomic E-state index is 1.36. The summed E-state index contributed by atoms with van der Waals surface area (Å²) < 4.78 is 0. The third-order valence-corrected chi connectivity index (χ3v) is 3.13. The fourth-order valence-corrected chi connectivity index (χ4v) is 2.16. The van der Waals surface area contributed by atoms with E-state index in [1.54, 1.807) is 0 Å². The Morgan fingerprint density at radius 2 is 0.643 bits per heavy atom. The van der Waals surface area contributed by atoms with E-state index in [0.29, 0.717) is 0 Å². The van der Waals surface area contributed by atoms with Crippen LogP contribution in [-0.4, -0.2) is 0 Å². The van der Waals surface area contributed by atoms with Crippen LogP contribution in [0.25, 0.3) is 32.3 Å². The van der Waals surface area contributed by atoms with Crippen LogP contribution in [0, 0.1) is 0 Å². The van der Waals surface area contributed by atoms with Crippen LogP contribution in [0.1, 0.15) is 0 Å². The minimum absolute atomic E-state index is 1.36. The highest BCUT2D eigenvalue weighted by Crippen LogP contribution is 2.30. The first-order valence-corrected chi connectivity index (χ1v) is 4.88.